The van der Waals surface area contributed by atoms with Crippen LogP contribution in [0.4, 0.5) is 0 Å². The smallest absolute Gasteiger partial charge is 0.248 e. The molecule has 1 saturated heterocycles. The Hall–Kier alpha value is -2.95. The fourth-order valence-corrected chi connectivity index (χ4v) is 5.65. The van der Waals surface area contributed by atoms with E-state index in [1.165, 1.54) is 9.91 Å². The standard InChI is InChI=1S/C27H38N6O3S/c1-16-23(37-15-31-16)19-7-5-17(6-8-19)12-30-25(35)22-11-20(34)13-32(22)26(36)24(27(2,3)4)33(29)14-21(28)18-9-10-18/h5-8,14-15,18,20,22,24,34H,9-13,28-29H2,1-4H3,(H,30,35)/b21-14-/t20-,22+,24?/m1/s1. The van der Waals surface area contributed by atoms with E-state index < -0.39 is 23.6 Å². The molecule has 1 saturated carbocycles. The zero-order valence-corrected chi connectivity index (χ0v) is 22.8. The third-order valence-electron chi connectivity index (χ3n) is 6.99. The summed E-state index contributed by atoms with van der Waals surface area (Å²) < 4.78 is 0. The lowest BCUT2D eigenvalue weighted by atomic mass is 9.85. The number of aromatic nitrogens is 1. The van der Waals surface area contributed by atoms with Gasteiger partial charge < -0.3 is 26.1 Å². The van der Waals surface area contributed by atoms with E-state index in [2.05, 4.69) is 10.3 Å². The van der Waals surface area contributed by atoms with Crippen LogP contribution >= 0.6 is 11.3 Å². The van der Waals surface area contributed by atoms with Crippen LogP contribution in [-0.4, -0.2) is 56.5 Å². The minimum absolute atomic E-state index is 0.0854. The van der Waals surface area contributed by atoms with Gasteiger partial charge in [-0.2, -0.15) is 0 Å². The number of hydrogen-bond acceptors (Lipinski definition) is 8. The first-order valence-corrected chi connectivity index (χ1v) is 13.6. The van der Waals surface area contributed by atoms with E-state index >= 15 is 0 Å². The zero-order valence-electron chi connectivity index (χ0n) is 22.0. The van der Waals surface area contributed by atoms with Crippen LogP contribution in [0, 0.1) is 18.3 Å². The lowest BCUT2D eigenvalue weighted by molar-refractivity contribution is -0.145. The van der Waals surface area contributed by atoms with E-state index in [-0.39, 0.29) is 24.8 Å². The number of nitrogens with zero attached hydrogens (tertiary/aromatic N) is 3. The average Bonchev–Trinajstić information content (AvgIpc) is 3.48. The molecule has 2 amide bonds. The van der Waals surface area contributed by atoms with Gasteiger partial charge in [0.1, 0.15) is 12.1 Å². The molecule has 1 unspecified atom stereocenters. The molecule has 2 aliphatic rings. The summed E-state index contributed by atoms with van der Waals surface area (Å²) in [5.74, 6) is 6.07. The van der Waals surface area contributed by atoms with Crippen molar-refractivity contribution in [2.75, 3.05) is 6.54 Å². The number of aryl methyl sites for hydroxylation is 1. The number of carbonyl (C=O) groups excluding carboxylic acids is 2. The number of aliphatic hydroxyl groups excluding tert-OH is 1. The summed E-state index contributed by atoms with van der Waals surface area (Å²) in [6.07, 6.45) is 3.10. The Morgan fingerprint density at radius 1 is 1.30 bits per heavy atom. The molecule has 6 N–H and O–H groups in total. The van der Waals surface area contributed by atoms with Gasteiger partial charge in [0.15, 0.2) is 0 Å². The Morgan fingerprint density at radius 3 is 2.54 bits per heavy atom. The predicted octanol–water partition coefficient (Wildman–Crippen LogP) is 2.50. The Bertz CT molecular complexity index is 1150. The molecular weight excluding hydrogens is 488 g/mol. The lowest BCUT2D eigenvalue weighted by Gasteiger charge is -2.39. The summed E-state index contributed by atoms with van der Waals surface area (Å²) in [7, 11) is 0. The fourth-order valence-electron chi connectivity index (χ4n) is 4.84. The lowest BCUT2D eigenvalue weighted by Crippen LogP contribution is -2.58. The maximum atomic E-state index is 13.8. The van der Waals surface area contributed by atoms with Crippen molar-refractivity contribution < 1.29 is 14.7 Å². The minimum Gasteiger partial charge on any atom is -0.401 e. The summed E-state index contributed by atoms with van der Waals surface area (Å²) in [5.41, 5.74) is 11.1. The number of aliphatic hydroxyl groups is 1. The van der Waals surface area contributed by atoms with Crippen molar-refractivity contribution in [3.8, 4) is 10.4 Å². The molecule has 4 rings (SSSR count). The zero-order chi connectivity index (χ0) is 26.9. The maximum absolute atomic E-state index is 13.8. The first-order chi connectivity index (χ1) is 17.5. The molecule has 2 heterocycles. The molecule has 1 aliphatic heterocycles. The topological polar surface area (TPSA) is 138 Å². The molecule has 0 spiro atoms. The Morgan fingerprint density at radius 2 is 1.97 bits per heavy atom. The molecule has 1 aromatic heterocycles. The summed E-state index contributed by atoms with van der Waals surface area (Å²) in [6, 6.07) is 6.46. The molecule has 9 nitrogen and oxygen atoms in total. The van der Waals surface area contributed by atoms with E-state index in [0.29, 0.717) is 18.2 Å². The predicted molar refractivity (Wildman–Crippen MR) is 145 cm³/mol. The van der Waals surface area contributed by atoms with Gasteiger partial charge in [0.25, 0.3) is 0 Å². The second kappa shape index (κ2) is 10.8. The van der Waals surface area contributed by atoms with Gasteiger partial charge in [-0.05, 0) is 36.3 Å². The van der Waals surface area contributed by atoms with Crippen LogP contribution in [0.5, 0.6) is 0 Å². The molecule has 2 fully saturated rings. The van der Waals surface area contributed by atoms with Crippen molar-refractivity contribution >= 4 is 23.2 Å². The van der Waals surface area contributed by atoms with E-state index in [1.807, 2.05) is 57.5 Å². The van der Waals surface area contributed by atoms with Gasteiger partial charge in [-0.3, -0.25) is 9.59 Å². The first kappa shape index (κ1) is 27.1. The van der Waals surface area contributed by atoms with Gasteiger partial charge in [0.2, 0.25) is 11.8 Å². The number of carbonyl (C=O) groups is 2. The summed E-state index contributed by atoms with van der Waals surface area (Å²) in [4.78, 5) is 33.8. The number of benzene rings is 1. The largest absolute Gasteiger partial charge is 0.401 e. The maximum Gasteiger partial charge on any atom is 0.248 e. The van der Waals surface area contributed by atoms with Crippen molar-refractivity contribution in [1.82, 2.24) is 20.2 Å². The number of rotatable bonds is 8. The molecule has 1 aromatic carbocycles. The van der Waals surface area contributed by atoms with Crippen molar-refractivity contribution in [3.63, 3.8) is 0 Å². The monoisotopic (exact) mass is 526 g/mol. The molecule has 3 atom stereocenters. The van der Waals surface area contributed by atoms with Gasteiger partial charge in [0, 0.05) is 37.3 Å². The number of nitrogens with one attached hydrogen (secondary N) is 1. The Labute approximate surface area is 222 Å². The highest BCUT2D eigenvalue weighted by atomic mass is 32.1. The molecule has 1 aliphatic carbocycles. The number of allylic oxidation sites excluding steroid dienone is 1. The number of amides is 2. The molecule has 37 heavy (non-hydrogen) atoms. The van der Waals surface area contributed by atoms with Crippen LogP contribution in [0.15, 0.2) is 41.7 Å². The van der Waals surface area contributed by atoms with Gasteiger partial charge >= 0.3 is 0 Å². The first-order valence-electron chi connectivity index (χ1n) is 12.7. The fraction of sp³-hybridized carbons (Fsp3) is 0.519. The Balaban J connectivity index is 1.44. The molecule has 2 aromatic rings. The van der Waals surface area contributed by atoms with Gasteiger partial charge in [-0.15, -0.1) is 11.3 Å². The van der Waals surface area contributed by atoms with Gasteiger partial charge in [-0.1, -0.05) is 45.0 Å². The quantitative estimate of drug-likeness (QED) is 0.306. The number of β-amino-alcohol motifs (C(OH)–C–C–N with tert-alkyl or cyclic N) is 1. The number of hydrazine groups is 1. The molecular formula is C27H38N6O3S. The molecule has 0 radical (unpaired) electrons. The third-order valence-corrected chi connectivity index (χ3v) is 7.97. The van der Waals surface area contributed by atoms with Crippen LogP contribution in [0.25, 0.3) is 10.4 Å². The number of thiazole rings is 1. The van der Waals surface area contributed by atoms with E-state index in [9.17, 15) is 14.7 Å². The molecule has 200 valence electrons. The second-order valence-corrected chi connectivity index (χ2v) is 12.1. The number of nitrogens with two attached hydrogens (primary N) is 2. The van der Waals surface area contributed by atoms with E-state index in [4.69, 9.17) is 11.6 Å². The SMILES string of the molecule is Cc1ncsc1-c1ccc(CNC(=O)[C@@H]2C[C@@H](O)CN2C(=O)C(N(N)/C=C(\N)C2CC2)C(C)(C)C)cc1. The van der Waals surface area contributed by atoms with Crippen molar-refractivity contribution in [2.45, 2.75) is 71.7 Å². The molecule has 10 heteroatoms. The highest BCUT2D eigenvalue weighted by Gasteiger charge is 2.45. The van der Waals surface area contributed by atoms with Crippen molar-refractivity contribution in [3.05, 3.63) is 52.9 Å². The van der Waals surface area contributed by atoms with Gasteiger partial charge in [-0.25, -0.2) is 10.8 Å². The number of hydrogen-bond donors (Lipinski definition) is 4. The highest BCUT2D eigenvalue weighted by Crippen LogP contribution is 2.35. The average molecular weight is 527 g/mol. The summed E-state index contributed by atoms with van der Waals surface area (Å²) in [6.45, 7) is 8.17. The van der Waals surface area contributed by atoms with Crippen LogP contribution in [0.1, 0.15) is 51.3 Å². The molecule has 0 bridgehead atoms. The van der Waals surface area contributed by atoms with Crippen molar-refractivity contribution in [1.29, 1.82) is 0 Å². The van der Waals surface area contributed by atoms with Gasteiger partial charge in [0.05, 0.1) is 22.2 Å². The van der Waals surface area contributed by atoms with Crippen LogP contribution in [0.2, 0.25) is 0 Å². The highest BCUT2D eigenvalue weighted by molar-refractivity contribution is 7.13. The van der Waals surface area contributed by atoms with Crippen LogP contribution < -0.4 is 16.9 Å². The minimum atomic E-state index is -0.777. The Kier molecular flexibility index (Phi) is 7.91. The van der Waals surface area contributed by atoms with Crippen LogP contribution in [0.3, 0.4) is 0 Å². The normalized spacial score (nSPS) is 21.1. The van der Waals surface area contributed by atoms with E-state index in [1.54, 1.807) is 17.5 Å². The van der Waals surface area contributed by atoms with Crippen molar-refractivity contribution in [2.24, 2.45) is 22.9 Å². The van der Waals surface area contributed by atoms with Crippen LogP contribution in [-0.2, 0) is 16.1 Å². The third kappa shape index (κ3) is 6.31. The second-order valence-electron chi connectivity index (χ2n) is 11.2. The van der Waals surface area contributed by atoms with E-state index in [0.717, 1.165) is 34.5 Å². The summed E-state index contributed by atoms with van der Waals surface area (Å²) in [5, 5.41) is 14.7. The number of likely N-dealkylation sites (tertiary alicyclic amines) is 1. The summed E-state index contributed by atoms with van der Waals surface area (Å²) >= 11 is 1.60.